The summed E-state index contributed by atoms with van der Waals surface area (Å²) < 4.78 is 0. The van der Waals surface area contributed by atoms with E-state index >= 15 is 0 Å². The molecule has 0 fully saturated rings. The molecule has 6 N–H and O–H groups in total. The summed E-state index contributed by atoms with van der Waals surface area (Å²) in [7, 11) is -1.26. The second-order valence-electron chi connectivity index (χ2n) is 0.574. The van der Waals surface area contributed by atoms with Gasteiger partial charge in [0.05, 0.1) is 0 Å². The summed E-state index contributed by atoms with van der Waals surface area (Å²) in [6, 6.07) is 0. The summed E-state index contributed by atoms with van der Waals surface area (Å²) in [5.74, 6) is 4.72. The lowest BCUT2D eigenvalue weighted by Crippen LogP contribution is -2.17. The molecule has 0 saturated heterocycles. The topological polar surface area (TPSA) is 100 Å². The second kappa shape index (κ2) is 3.11. The van der Waals surface area contributed by atoms with Crippen molar-refractivity contribution < 1.29 is 0 Å². The van der Waals surface area contributed by atoms with E-state index in [1.165, 1.54) is 0 Å². The molecule has 0 saturated carbocycles. The van der Waals surface area contributed by atoms with E-state index in [9.17, 15) is 0 Å². The number of hydrogen-bond donors (Lipinski definition) is 4. The number of nitrogens with zero attached hydrogens (tertiary/aromatic N) is 1. The van der Waals surface area contributed by atoms with E-state index in [2.05, 4.69) is 10.1 Å². The van der Waals surface area contributed by atoms with Gasteiger partial charge in [-0.25, -0.2) is 10.7 Å². The molecule has 0 amide bonds. The Hall–Kier alpha value is -0.0900. The van der Waals surface area contributed by atoms with E-state index in [0.29, 0.717) is 0 Å². The van der Waals surface area contributed by atoms with Crippen LogP contribution in [0.4, 0.5) is 0 Å². The smallest absolute Gasteiger partial charge is 0.197 e. The van der Waals surface area contributed by atoms with Crippen molar-refractivity contribution in [3.05, 3.63) is 0 Å². The Balaban J connectivity index is 2.96. The van der Waals surface area contributed by atoms with Gasteiger partial charge in [0, 0.05) is 0 Å². The van der Waals surface area contributed by atoms with E-state index in [1.54, 1.807) is 0 Å². The zero-order valence-electron chi connectivity index (χ0n) is 3.05. The first-order valence-corrected chi connectivity index (χ1v) is 2.56. The largest absolute Gasteiger partial charge is 0.277 e. The first-order chi connectivity index (χ1) is 2.81. The van der Waals surface area contributed by atoms with E-state index < -0.39 is 8.37 Å². The molecule has 6 heteroatoms. The molecule has 1 atom stereocenters. The fraction of sp³-hybridized carbons (Fsp3) is 0. The third-order valence-corrected chi connectivity index (χ3v) is 0.720. The predicted molar refractivity (Wildman–Crippen MR) is 23.6 cm³/mol. The van der Waals surface area contributed by atoms with Gasteiger partial charge in [-0.15, -0.1) is 4.88 Å². The van der Waals surface area contributed by atoms with Gasteiger partial charge in [-0.2, -0.15) is 0 Å². The highest BCUT2D eigenvalue weighted by Gasteiger charge is 1.86. The Morgan fingerprint density at radius 2 is 2.33 bits per heavy atom. The summed E-state index contributed by atoms with van der Waals surface area (Å²) >= 11 is 0. The molecule has 0 spiro atoms. The summed E-state index contributed by atoms with van der Waals surface area (Å²) in [5, 5.41) is 2.10. The molecule has 5 nitrogen and oxygen atoms in total. The van der Waals surface area contributed by atoms with E-state index in [1.807, 2.05) is 0 Å². The van der Waals surface area contributed by atoms with Crippen LogP contribution in [0.15, 0.2) is 4.88 Å². The second-order valence-corrected chi connectivity index (χ2v) is 1.72. The lowest BCUT2D eigenvalue weighted by molar-refractivity contribution is 1.06. The van der Waals surface area contributed by atoms with Gasteiger partial charge in [-0.05, 0) is 0 Å². The number of hydrazine groups is 1. The van der Waals surface area contributed by atoms with Crippen LogP contribution in [0.5, 0.6) is 0 Å². The van der Waals surface area contributed by atoms with Crippen molar-refractivity contribution in [3.8, 4) is 0 Å². The van der Waals surface area contributed by atoms with Gasteiger partial charge < -0.3 is 0 Å². The Kier molecular flexibility index (Phi) is 3.07. The standard InChI is InChI=1S/H6N5P/c1-4-6(3)5-2/h1,5H,2-3H2. The molecule has 0 aromatic rings. The highest BCUT2D eigenvalue weighted by Crippen LogP contribution is 2.15. The van der Waals surface area contributed by atoms with Gasteiger partial charge in [0.15, 0.2) is 8.37 Å². The third kappa shape index (κ3) is 2.17. The molecular weight excluding hydrogens is 101 g/mol. The minimum absolute atomic E-state index is 1.26. The van der Waals surface area contributed by atoms with Crippen molar-refractivity contribution in [1.29, 1.82) is 5.53 Å². The molecular formula is H6N5P. The molecule has 1 unspecified atom stereocenters. The summed E-state index contributed by atoms with van der Waals surface area (Å²) in [6.07, 6.45) is 0. The maximum absolute atomic E-state index is 6.19. The Bertz CT molecular complexity index is 41.2. The summed E-state index contributed by atoms with van der Waals surface area (Å²) in [6.45, 7) is 0. The zero-order valence-corrected chi connectivity index (χ0v) is 3.94. The average molecular weight is 107 g/mol. The number of rotatable bonds is 2. The highest BCUT2D eigenvalue weighted by molar-refractivity contribution is 7.51. The molecule has 6 heavy (non-hydrogen) atoms. The van der Waals surface area contributed by atoms with Crippen LogP contribution in [0.1, 0.15) is 0 Å². The van der Waals surface area contributed by atoms with Crippen molar-refractivity contribution in [2.45, 2.75) is 0 Å². The van der Waals surface area contributed by atoms with Crippen LogP contribution in [-0.2, 0) is 0 Å². The van der Waals surface area contributed by atoms with Crippen molar-refractivity contribution in [3.63, 3.8) is 0 Å². The highest BCUT2D eigenvalue weighted by atomic mass is 31.1. The fourth-order valence-electron chi connectivity index (χ4n) is 0.0289. The molecule has 0 aliphatic carbocycles. The zero-order chi connectivity index (χ0) is 4.99. The lowest BCUT2D eigenvalue weighted by atomic mass is 13.0. The van der Waals surface area contributed by atoms with Crippen LogP contribution >= 0.6 is 8.37 Å². The molecule has 0 heterocycles. The van der Waals surface area contributed by atoms with Gasteiger partial charge >= 0.3 is 0 Å². The molecule has 0 aromatic carbocycles. The lowest BCUT2D eigenvalue weighted by Gasteiger charge is -1.94. The van der Waals surface area contributed by atoms with Crippen molar-refractivity contribution in [2.75, 3.05) is 0 Å². The SMILES string of the molecule is N=NP(N)NN. The van der Waals surface area contributed by atoms with Crippen LogP contribution in [0.3, 0.4) is 0 Å². The minimum Gasteiger partial charge on any atom is -0.277 e. The maximum Gasteiger partial charge on any atom is 0.197 e. The fourth-order valence-corrected chi connectivity index (χ4v) is 0.0866. The van der Waals surface area contributed by atoms with Crippen LogP contribution in [-0.4, -0.2) is 0 Å². The van der Waals surface area contributed by atoms with Crippen LogP contribution < -0.4 is 16.5 Å². The maximum atomic E-state index is 6.19. The van der Waals surface area contributed by atoms with Gasteiger partial charge in [0.25, 0.3) is 0 Å². The van der Waals surface area contributed by atoms with Crippen molar-refractivity contribution in [1.82, 2.24) is 5.20 Å². The molecule has 0 aliphatic heterocycles. The quantitative estimate of drug-likeness (QED) is 0.168. The average Bonchev–Trinajstić information content (AvgIpc) is 1.65. The van der Waals surface area contributed by atoms with Crippen LogP contribution in [0, 0.1) is 5.53 Å². The van der Waals surface area contributed by atoms with E-state index in [-0.39, 0.29) is 0 Å². The molecule has 0 aliphatic rings. The van der Waals surface area contributed by atoms with Gasteiger partial charge in [0.1, 0.15) is 0 Å². The monoisotopic (exact) mass is 107 g/mol. The Labute approximate surface area is 36.5 Å². The number of nitrogens with two attached hydrogens (primary N) is 2. The van der Waals surface area contributed by atoms with E-state index in [0.717, 1.165) is 0 Å². The van der Waals surface area contributed by atoms with E-state index in [4.69, 9.17) is 16.9 Å². The minimum atomic E-state index is -1.26. The van der Waals surface area contributed by atoms with Crippen LogP contribution in [0.25, 0.3) is 0 Å². The van der Waals surface area contributed by atoms with Gasteiger partial charge in [-0.3, -0.25) is 11.3 Å². The molecule has 36 valence electrons. The Morgan fingerprint density at radius 1 is 1.83 bits per heavy atom. The molecule has 0 aromatic heterocycles. The first kappa shape index (κ1) is 5.91. The number of nitrogens with one attached hydrogen (secondary N) is 2. The van der Waals surface area contributed by atoms with Gasteiger partial charge in [0.2, 0.25) is 0 Å². The first-order valence-electron chi connectivity index (χ1n) is 1.19. The number of hydrogen-bond acceptors (Lipinski definition) is 5. The Morgan fingerprint density at radius 3 is 2.33 bits per heavy atom. The molecule has 0 rings (SSSR count). The third-order valence-electron chi connectivity index (χ3n) is 0.240. The van der Waals surface area contributed by atoms with Crippen molar-refractivity contribution >= 4 is 8.37 Å². The predicted octanol–water partition coefficient (Wildman–Crippen LogP) is -0.334. The van der Waals surface area contributed by atoms with Gasteiger partial charge in [-0.1, -0.05) is 0 Å². The summed E-state index contributed by atoms with van der Waals surface area (Å²) in [5.41, 5.74) is 11.1. The summed E-state index contributed by atoms with van der Waals surface area (Å²) in [4.78, 5) is 2.86. The molecule has 0 radical (unpaired) electrons. The molecule has 0 bridgehead atoms. The van der Waals surface area contributed by atoms with Crippen molar-refractivity contribution in [2.24, 2.45) is 16.2 Å². The normalized spacial score (nSPS) is 13.7. The van der Waals surface area contributed by atoms with Crippen LogP contribution in [0.2, 0.25) is 0 Å².